The second-order valence-electron chi connectivity index (χ2n) is 7.81. The van der Waals surface area contributed by atoms with Crippen LogP contribution in [0, 0.1) is 12.8 Å². The van der Waals surface area contributed by atoms with E-state index in [1.54, 1.807) is 25.9 Å². The quantitative estimate of drug-likeness (QED) is 0.769. The van der Waals surface area contributed by atoms with E-state index in [0.29, 0.717) is 23.8 Å². The van der Waals surface area contributed by atoms with Crippen LogP contribution in [0.5, 0.6) is 0 Å². The van der Waals surface area contributed by atoms with Gasteiger partial charge in [0, 0.05) is 33.6 Å². The molecule has 1 fully saturated rings. The number of benzene rings is 1. The second kappa shape index (κ2) is 9.04. The number of aryl methyl sites for hydroxylation is 2. The van der Waals surface area contributed by atoms with Crippen LogP contribution in [-0.2, 0) is 17.6 Å². The number of aromatic nitrogens is 1. The lowest BCUT2D eigenvalue weighted by atomic mass is 9.89. The zero-order chi connectivity index (χ0) is 20.1. The minimum Gasteiger partial charge on any atom is -0.438 e. The maximum absolute atomic E-state index is 12.5. The Hall–Kier alpha value is -2.63. The molecule has 28 heavy (non-hydrogen) atoms. The number of piperidine rings is 1. The minimum absolute atomic E-state index is 0.0509. The van der Waals surface area contributed by atoms with Gasteiger partial charge in [-0.3, -0.25) is 9.59 Å². The van der Waals surface area contributed by atoms with Gasteiger partial charge in [-0.05, 0) is 49.7 Å². The van der Waals surface area contributed by atoms with Crippen LogP contribution in [-0.4, -0.2) is 53.8 Å². The van der Waals surface area contributed by atoms with Crippen molar-refractivity contribution in [3.05, 3.63) is 53.2 Å². The van der Waals surface area contributed by atoms with Gasteiger partial charge in [0.25, 0.3) is 5.91 Å². The van der Waals surface area contributed by atoms with Crippen molar-refractivity contribution in [2.24, 2.45) is 5.92 Å². The standard InChI is InChI=1S/C22H29N3O3/c1-16-21(28-15-23-16)22(27)25-12-10-19(11-13-25)14-18-6-4-17(5-7-18)8-9-20(26)24(2)3/h4-7,15,19H,8-14H2,1-3H3. The molecule has 0 unspecified atom stereocenters. The first-order valence-corrected chi connectivity index (χ1v) is 9.91. The third-order valence-electron chi connectivity index (χ3n) is 5.52. The van der Waals surface area contributed by atoms with Crippen molar-refractivity contribution >= 4 is 11.8 Å². The molecule has 3 rings (SSSR count). The van der Waals surface area contributed by atoms with Gasteiger partial charge in [-0.15, -0.1) is 0 Å². The highest BCUT2D eigenvalue weighted by Gasteiger charge is 2.26. The molecule has 1 aliphatic rings. The van der Waals surface area contributed by atoms with E-state index in [2.05, 4.69) is 29.2 Å². The van der Waals surface area contributed by atoms with Crippen molar-refractivity contribution in [3.8, 4) is 0 Å². The van der Waals surface area contributed by atoms with Gasteiger partial charge in [0.15, 0.2) is 6.39 Å². The number of nitrogens with zero attached hydrogens (tertiary/aromatic N) is 3. The predicted octanol–water partition coefficient (Wildman–Crippen LogP) is 3.10. The van der Waals surface area contributed by atoms with E-state index in [1.807, 2.05) is 4.90 Å². The molecule has 0 spiro atoms. The number of amides is 2. The third-order valence-corrected chi connectivity index (χ3v) is 5.52. The van der Waals surface area contributed by atoms with Crippen LogP contribution >= 0.6 is 0 Å². The van der Waals surface area contributed by atoms with E-state index in [-0.39, 0.29) is 11.8 Å². The van der Waals surface area contributed by atoms with Crippen LogP contribution in [0.15, 0.2) is 35.1 Å². The second-order valence-corrected chi connectivity index (χ2v) is 7.81. The normalized spacial score (nSPS) is 14.9. The van der Waals surface area contributed by atoms with Crippen LogP contribution in [0.1, 0.15) is 46.6 Å². The van der Waals surface area contributed by atoms with Gasteiger partial charge in [-0.1, -0.05) is 24.3 Å². The first kappa shape index (κ1) is 20.1. The number of hydrogen-bond donors (Lipinski definition) is 0. The fourth-order valence-electron chi connectivity index (χ4n) is 3.64. The molecule has 2 heterocycles. The Bertz CT molecular complexity index is 803. The molecule has 0 atom stereocenters. The Morgan fingerprint density at radius 2 is 1.79 bits per heavy atom. The van der Waals surface area contributed by atoms with Crippen molar-refractivity contribution < 1.29 is 14.0 Å². The van der Waals surface area contributed by atoms with Crippen molar-refractivity contribution in [2.75, 3.05) is 27.2 Å². The Morgan fingerprint density at radius 1 is 1.14 bits per heavy atom. The number of carbonyl (C=O) groups is 2. The smallest absolute Gasteiger partial charge is 0.291 e. The van der Waals surface area contributed by atoms with Crippen molar-refractivity contribution in [2.45, 2.75) is 39.0 Å². The maximum atomic E-state index is 12.5. The summed E-state index contributed by atoms with van der Waals surface area (Å²) in [6.45, 7) is 3.31. The average Bonchev–Trinajstić information content (AvgIpc) is 3.13. The highest BCUT2D eigenvalue weighted by Crippen LogP contribution is 2.23. The number of oxazole rings is 1. The topological polar surface area (TPSA) is 66.7 Å². The first-order chi connectivity index (χ1) is 13.4. The molecule has 1 aliphatic heterocycles. The van der Waals surface area contributed by atoms with Gasteiger partial charge in [-0.2, -0.15) is 0 Å². The minimum atomic E-state index is -0.0509. The number of likely N-dealkylation sites (tertiary alicyclic amines) is 1. The van der Waals surface area contributed by atoms with Gasteiger partial charge in [0.1, 0.15) is 0 Å². The van der Waals surface area contributed by atoms with Crippen molar-refractivity contribution in [1.29, 1.82) is 0 Å². The van der Waals surface area contributed by atoms with Crippen LogP contribution in [0.4, 0.5) is 0 Å². The monoisotopic (exact) mass is 383 g/mol. The summed E-state index contributed by atoms with van der Waals surface area (Å²) in [5.41, 5.74) is 3.17. The Labute approximate surface area is 166 Å². The summed E-state index contributed by atoms with van der Waals surface area (Å²) < 4.78 is 5.23. The van der Waals surface area contributed by atoms with Crippen molar-refractivity contribution in [1.82, 2.24) is 14.8 Å². The van der Waals surface area contributed by atoms with E-state index in [9.17, 15) is 9.59 Å². The van der Waals surface area contributed by atoms with Crippen LogP contribution in [0.3, 0.4) is 0 Å². The molecule has 0 saturated carbocycles. The Balaban J connectivity index is 1.46. The molecule has 2 amide bonds. The molecule has 0 N–H and O–H groups in total. The molecular weight excluding hydrogens is 354 g/mol. The number of hydrogen-bond acceptors (Lipinski definition) is 4. The lowest BCUT2D eigenvalue weighted by Crippen LogP contribution is -2.39. The third kappa shape index (κ3) is 5.00. The number of carbonyl (C=O) groups excluding carboxylic acids is 2. The summed E-state index contributed by atoms with van der Waals surface area (Å²) in [4.78, 5) is 31.7. The van der Waals surface area contributed by atoms with Crippen LogP contribution in [0.2, 0.25) is 0 Å². The summed E-state index contributed by atoms with van der Waals surface area (Å²) >= 11 is 0. The van der Waals surface area contributed by atoms with Gasteiger partial charge in [-0.25, -0.2) is 4.98 Å². The summed E-state index contributed by atoms with van der Waals surface area (Å²) in [6, 6.07) is 8.60. The molecule has 0 radical (unpaired) electrons. The molecule has 2 aromatic rings. The molecule has 6 heteroatoms. The highest BCUT2D eigenvalue weighted by molar-refractivity contribution is 5.92. The van der Waals surface area contributed by atoms with Crippen molar-refractivity contribution in [3.63, 3.8) is 0 Å². The predicted molar refractivity (Wildman–Crippen MR) is 107 cm³/mol. The van der Waals surface area contributed by atoms with Crippen LogP contribution in [0.25, 0.3) is 0 Å². The largest absolute Gasteiger partial charge is 0.438 e. The molecule has 0 aliphatic carbocycles. The zero-order valence-corrected chi connectivity index (χ0v) is 17.0. The van der Waals surface area contributed by atoms with Crippen LogP contribution < -0.4 is 0 Å². The fraction of sp³-hybridized carbons (Fsp3) is 0.500. The summed E-state index contributed by atoms with van der Waals surface area (Å²) in [5, 5.41) is 0. The molecule has 1 aromatic carbocycles. The molecule has 1 aromatic heterocycles. The SMILES string of the molecule is Cc1ncoc1C(=O)N1CCC(Cc2ccc(CCC(=O)N(C)C)cc2)CC1. The van der Waals surface area contributed by atoms with E-state index in [4.69, 9.17) is 4.42 Å². The number of rotatable bonds is 6. The highest BCUT2D eigenvalue weighted by atomic mass is 16.3. The molecular formula is C22H29N3O3. The lowest BCUT2D eigenvalue weighted by Gasteiger charge is -2.31. The van der Waals surface area contributed by atoms with E-state index >= 15 is 0 Å². The molecule has 1 saturated heterocycles. The van der Waals surface area contributed by atoms with Gasteiger partial charge >= 0.3 is 0 Å². The Kier molecular flexibility index (Phi) is 6.49. The van der Waals surface area contributed by atoms with Gasteiger partial charge in [0.2, 0.25) is 11.7 Å². The van der Waals surface area contributed by atoms with Gasteiger partial charge < -0.3 is 14.2 Å². The summed E-state index contributed by atoms with van der Waals surface area (Å²) in [5.74, 6) is 1.05. The Morgan fingerprint density at radius 3 is 2.36 bits per heavy atom. The molecule has 0 bridgehead atoms. The summed E-state index contributed by atoms with van der Waals surface area (Å²) in [7, 11) is 3.58. The fourth-order valence-corrected chi connectivity index (χ4v) is 3.64. The lowest BCUT2D eigenvalue weighted by molar-refractivity contribution is -0.128. The zero-order valence-electron chi connectivity index (χ0n) is 17.0. The van der Waals surface area contributed by atoms with E-state index in [0.717, 1.165) is 38.8 Å². The molecule has 150 valence electrons. The molecule has 6 nitrogen and oxygen atoms in total. The van der Waals surface area contributed by atoms with E-state index in [1.165, 1.54) is 17.5 Å². The average molecular weight is 383 g/mol. The summed E-state index contributed by atoms with van der Waals surface area (Å²) in [6.07, 6.45) is 5.67. The van der Waals surface area contributed by atoms with Gasteiger partial charge in [0.05, 0.1) is 5.69 Å². The van der Waals surface area contributed by atoms with E-state index < -0.39 is 0 Å². The maximum Gasteiger partial charge on any atom is 0.291 e. The first-order valence-electron chi connectivity index (χ1n) is 9.91.